The molecule has 0 atom stereocenters. The van der Waals surface area contributed by atoms with E-state index in [0.29, 0.717) is 66.7 Å². The predicted octanol–water partition coefficient (Wildman–Crippen LogP) is 12.5. The number of H-pyrrole nitrogens is 2. The molecule has 8 aromatic carbocycles. The summed E-state index contributed by atoms with van der Waals surface area (Å²) >= 11 is 8.90. The molecule has 28 heteroatoms. The maximum absolute atomic E-state index is 12.9. The number of carbonyl (C=O) groups excluding carboxylic acids is 1. The van der Waals surface area contributed by atoms with Crippen LogP contribution in [0.5, 0.6) is 0 Å². The van der Waals surface area contributed by atoms with E-state index in [4.69, 9.17) is 18.6 Å². The SMILES string of the molecule is BrBr.CC(C)(C)[Si](C)(C)OC1(c2c[nH]c3ccccc23)COC1.O=C1COC1.O=S(=O)(c1ccccc1)n1cc(Br)c2ccccc21.O=S(=O)(c1ccccc1)n1cc(C2(O)COC2)c2ccccc21.O=S(=O)(c1ccccc1)n1ccc2ccccc21.OC1(c2c[nH]c3ccccc23)COC1.[Na+].[OH-]. The Morgan fingerprint density at radius 3 is 1.26 bits per heavy atom. The standard InChI is InChI=1S/C17H15NO4S.C17H25NO2Si.C14H10BrNO2S.C14H11NO2S.C11H11NO2.C3H4O2.Br2.Na.H2O/c19-17(11-22-12-17)15-10-18(16-9-5-4-8-14(15)16)23(20,21)13-6-2-1-3-7-13;1-16(2,3)21(4,5)20-17(11-19-12-17)14-10-18-15-9-7-6-8-13(14)15;15-13-10-16(14-9-5-4-8-12(13)14)19(17,18)11-6-2-1-3-7-11;16-18(17,13-7-2-1-3-8-13)15-11-10-12-6-4-5-9-14(12)15;13-11(6-14-7-11)9-5-12-10-4-2-1-3-8(9)10;4-3-1-5-2-3;1-2;;/h1-10,19H,11-12H2;6-10,18H,11-12H2,1-5H3;1-10H;1-11H;1-5,12-13H,6-7H2;1-2H2;;;1H2/q;;;;;;;+1;/p-1. The van der Waals surface area contributed by atoms with Gasteiger partial charge in [0.05, 0.1) is 70.9 Å². The number of hydrogen-bond acceptors (Lipinski definition) is 15. The molecule has 20 nitrogen and oxygen atoms in total. The Bertz CT molecular complexity index is 5420. The fourth-order valence-electron chi connectivity index (χ4n) is 11.6. The van der Waals surface area contributed by atoms with Crippen LogP contribution in [0, 0.1) is 0 Å². The number of benzene rings is 8. The van der Waals surface area contributed by atoms with Crippen molar-refractivity contribution in [2.45, 2.75) is 70.4 Å². The van der Waals surface area contributed by atoms with Crippen LogP contribution in [0.2, 0.25) is 18.1 Å². The number of Topliss-reactive ketones (excluding diaryl/α,β-unsaturated/α-hetero) is 1. The zero-order chi connectivity index (χ0) is 72.7. The molecule has 5 N–H and O–H groups in total. The van der Waals surface area contributed by atoms with Crippen molar-refractivity contribution in [1.29, 1.82) is 0 Å². The van der Waals surface area contributed by atoms with Crippen LogP contribution in [0.1, 0.15) is 37.5 Å². The first-order valence-corrected chi connectivity index (χ1v) is 44.1. The number of para-hydroxylation sites is 5. The van der Waals surface area contributed by atoms with Crippen molar-refractivity contribution in [3.8, 4) is 0 Å². The van der Waals surface area contributed by atoms with Crippen LogP contribution in [-0.4, -0.2) is 130 Å². The van der Waals surface area contributed by atoms with Gasteiger partial charge in [-0.2, -0.15) is 0 Å². The van der Waals surface area contributed by atoms with Gasteiger partial charge >= 0.3 is 29.6 Å². The number of ketones is 1. The minimum atomic E-state index is -3.72. The predicted molar refractivity (Wildman–Crippen MR) is 413 cm³/mol. The van der Waals surface area contributed by atoms with Gasteiger partial charge in [0.15, 0.2) is 14.1 Å². The Balaban J connectivity index is 0.000000147. The third-order valence-electron chi connectivity index (χ3n) is 18.3. The molecule has 0 bridgehead atoms. The maximum Gasteiger partial charge on any atom is 1.00 e. The van der Waals surface area contributed by atoms with Gasteiger partial charge in [0.2, 0.25) is 0 Å². The number of aliphatic hydroxyl groups is 2. The van der Waals surface area contributed by atoms with Gasteiger partial charge in [-0.05, 0) is 107 Å². The topological polar surface area (TPSA) is 282 Å². The molecule has 4 saturated heterocycles. The fraction of sp³-hybridized carbons (Fsp3) is 0.224. The van der Waals surface area contributed by atoms with Crippen LogP contribution < -0.4 is 29.6 Å². The Kier molecular flexibility index (Phi) is 26.6. The molecule has 9 heterocycles. The van der Waals surface area contributed by atoms with Crippen LogP contribution in [0.4, 0.5) is 0 Å². The van der Waals surface area contributed by atoms with E-state index in [0.717, 1.165) is 42.6 Å². The first kappa shape index (κ1) is 81.4. The molecule has 4 aliphatic rings. The van der Waals surface area contributed by atoms with Crippen LogP contribution in [0.15, 0.2) is 269 Å². The fourth-order valence-corrected chi connectivity index (χ4v) is 17.9. The van der Waals surface area contributed by atoms with Crippen molar-refractivity contribution < 1.29 is 98.7 Å². The summed E-state index contributed by atoms with van der Waals surface area (Å²) in [6, 6.07) is 65.3. The summed E-state index contributed by atoms with van der Waals surface area (Å²) in [5, 5.41) is 25.8. The average molecular weight is 1690 g/mol. The number of nitrogens with one attached hydrogen (secondary N) is 2. The van der Waals surface area contributed by atoms with Gasteiger partial charge in [-0.1, -0.05) is 166 Å². The third kappa shape index (κ3) is 17.2. The van der Waals surface area contributed by atoms with Crippen LogP contribution in [0.3, 0.4) is 0 Å². The number of fused-ring (bicyclic) bond motifs is 5. The van der Waals surface area contributed by atoms with Crippen LogP contribution in [0.25, 0.3) is 54.5 Å². The smallest absolute Gasteiger partial charge is 0.870 e. The van der Waals surface area contributed by atoms with Crippen molar-refractivity contribution in [3.63, 3.8) is 0 Å². The van der Waals surface area contributed by atoms with Gasteiger partial charge in [-0.25, -0.2) is 37.2 Å². The van der Waals surface area contributed by atoms with Crippen LogP contribution in [-0.2, 0) is 75.0 Å². The summed E-state index contributed by atoms with van der Waals surface area (Å²) in [5.41, 5.74) is 4.72. The second-order valence-electron chi connectivity index (χ2n) is 26.2. The molecule has 0 spiro atoms. The summed E-state index contributed by atoms with van der Waals surface area (Å²) in [4.78, 5) is 17.1. The van der Waals surface area contributed by atoms with Crippen molar-refractivity contribution >= 4 is 143 Å². The second-order valence-corrected chi connectivity index (χ2v) is 37.2. The molecule has 540 valence electrons. The van der Waals surface area contributed by atoms with Gasteiger partial charge in [0, 0.05) is 118 Å². The quantitative estimate of drug-likeness (QED) is 0.0876. The number of aromatic nitrogens is 5. The summed E-state index contributed by atoms with van der Waals surface area (Å²) in [6.45, 7) is 14.6. The average Bonchev–Trinajstić information content (AvgIpc) is 1.48. The first-order valence-electron chi connectivity index (χ1n) is 32.4. The molecule has 13 aromatic rings. The van der Waals surface area contributed by atoms with Gasteiger partial charge in [0.25, 0.3) is 30.1 Å². The number of carbonyl (C=O) groups is 1. The summed E-state index contributed by atoms with van der Waals surface area (Å²) in [6.07, 6.45) is 8.66. The zero-order valence-corrected chi connectivity index (χ0v) is 68.0. The molecule has 0 radical (unpaired) electrons. The first-order chi connectivity index (χ1) is 48.8. The Labute approximate surface area is 651 Å². The normalized spacial score (nSPS) is 15.5. The molecule has 0 saturated carbocycles. The minimum Gasteiger partial charge on any atom is -0.870 e. The number of nitrogens with zero attached hydrogens (tertiary/aromatic N) is 3. The van der Waals surface area contributed by atoms with E-state index in [1.807, 2.05) is 79.0 Å². The van der Waals surface area contributed by atoms with Crippen LogP contribution >= 0.6 is 44.2 Å². The molecule has 17 rings (SSSR count). The van der Waals surface area contributed by atoms with Gasteiger partial charge < -0.3 is 49.0 Å². The molecule has 104 heavy (non-hydrogen) atoms. The molecule has 4 fully saturated rings. The van der Waals surface area contributed by atoms with Crippen molar-refractivity contribution in [3.05, 3.63) is 271 Å². The zero-order valence-electron chi connectivity index (χ0n) is 57.8. The van der Waals surface area contributed by atoms with E-state index in [9.17, 15) is 40.3 Å². The summed E-state index contributed by atoms with van der Waals surface area (Å²) < 4.78 is 108. The van der Waals surface area contributed by atoms with E-state index in [1.54, 1.807) is 134 Å². The molecular formula is C76H77Br3N5NaO15S3Si. The summed E-state index contributed by atoms with van der Waals surface area (Å²) in [5.74, 6) is 0.213. The molecule has 0 amide bonds. The molecule has 0 unspecified atom stereocenters. The van der Waals surface area contributed by atoms with E-state index < -0.39 is 49.6 Å². The molecular weight excluding hydrogens is 1610 g/mol. The number of hydrogen-bond donors (Lipinski definition) is 4. The number of halogens is 3. The number of ether oxygens (including phenoxy) is 4. The number of rotatable bonds is 11. The third-order valence-corrected chi connectivity index (χ3v) is 28.5. The second kappa shape index (κ2) is 34.0. The Hall–Kier alpha value is -6.68. The number of aromatic amines is 2. The minimum absolute atomic E-state index is 0. The van der Waals surface area contributed by atoms with Gasteiger partial charge in [0.1, 0.15) is 30.0 Å². The largest absolute Gasteiger partial charge is 1.00 e. The Morgan fingerprint density at radius 1 is 0.462 bits per heavy atom. The molecule has 0 aliphatic carbocycles. The Morgan fingerprint density at radius 2 is 0.827 bits per heavy atom. The van der Waals surface area contributed by atoms with E-state index in [1.165, 1.54) is 29.1 Å². The maximum atomic E-state index is 12.9. The monoisotopic (exact) mass is 1680 g/mol. The van der Waals surface area contributed by atoms with Crippen molar-refractivity contribution in [2.24, 2.45) is 0 Å². The van der Waals surface area contributed by atoms with Gasteiger partial charge in [-0.3, -0.25) is 4.79 Å². The van der Waals surface area contributed by atoms with E-state index in [-0.39, 0.29) is 74.5 Å². The van der Waals surface area contributed by atoms with Crippen molar-refractivity contribution in [1.82, 2.24) is 21.9 Å². The molecule has 5 aromatic heterocycles. The van der Waals surface area contributed by atoms with E-state index in [2.05, 4.69) is 123 Å². The summed E-state index contributed by atoms with van der Waals surface area (Å²) in [7, 11) is -12.6. The van der Waals surface area contributed by atoms with E-state index >= 15 is 0 Å². The molecule has 4 aliphatic heterocycles. The van der Waals surface area contributed by atoms with Gasteiger partial charge in [-0.15, -0.1) is 0 Å². The van der Waals surface area contributed by atoms with Crippen molar-refractivity contribution in [2.75, 3.05) is 52.9 Å².